The van der Waals surface area contributed by atoms with Gasteiger partial charge in [-0.05, 0) is 38.4 Å². The van der Waals surface area contributed by atoms with Crippen LogP contribution in [0, 0.1) is 6.92 Å². The van der Waals surface area contributed by atoms with E-state index in [1.165, 1.54) is 18.4 Å². The van der Waals surface area contributed by atoms with E-state index in [0.29, 0.717) is 6.04 Å². The molecule has 1 aliphatic rings. The Balaban J connectivity index is 1.58. The second-order valence-corrected chi connectivity index (χ2v) is 7.07. The molecule has 7 nitrogen and oxygen atoms in total. The van der Waals surface area contributed by atoms with Crippen molar-refractivity contribution in [1.29, 1.82) is 0 Å². The molecule has 0 radical (unpaired) electrons. The Hall–Kier alpha value is -2.80. The zero-order valence-corrected chi connectivity index (χ0v) is 15.8. The summed E-state index contributed by atoms with van der Waals surface area (Å²) in [5, 5.41) is 7.60. The van der Waals surface area contributed by atoms with E-state index in [0.717, 1.165) is 42.7 Å². The number of hydrogen-bond acceptors (Lipinski definition) is 6. The van der Waals surface area contributed by atoms with Crippen LogP contribution in [0.5, 0.6) is 0 Å². The zero-order chi connectivity index (χ0) is 18.6. The van der Waals surface area contributed by atoms with Crippen LogP contribution in [0.1, 0.15) is 42.4 Å². The number of pyridine rings is 1. The molecular weight excluding hydrogens is 338 g/mol. The third kappa shape index (κ3) is 4.31. The highest BCUT2D eigenvalue weighted by Gasteiger charge is 2.26. The second kappa shape index (κ2) is 7.84. The number of aromatic nitrogens is 5. The van der Waals surface area contributed by atoms with Crippen molar-refractivity contribution in [3.63, 3.8) is 0 Å². The number of anilines is 2. The lowest BCUT2D eigenvalue weighted by Gasteiger charge is -2.35. The van der Waals surface area contributed by atoms with Crippen LogP contribution in [0.25, 0.3) is 0 Å². The minimum Gasteiger partial charge on any atom is -0.325 e. The highest BCUT2D eigenvalue weighted by molar-refractivity contribution is 5.51. The third-order valence-corrected chi connectivity index (χ3v) is 4.88. The van der Waals surface area contributed by atoms with Crippen molar-refractivity contribution in [2.45, 2.75) is 38.8 Å². The Morgan fingerprint density at radius 2 is 2.11 bits per heavy atom. The molecule has 27 heavy (non-hydrogen) atoms. The molecule has 7 heteroatoms. The van der Waals surface area contributed by atoms with Crippen molar-refractivity contribution in [1.82, 2.24) is 29.6 Å². The van der Waals surface area contributed by atoms with Gasteiger partial charge < -0.3 is 5.32 Å². The summed E-state index contributed by atoms with van der Waals surface area (Å²) in [6.07, 6.45) is 9.36. The van der Waals surface area contributed by atoms with Crippen LogP contribution in [0.15, 0.2) is 42.9 Å². The molecule has 1 atom stereocenters. The van der Waals surface area contributed by atoms with Gasteiger partial charge in [0.25, 0.3) is 0 Å². The van der Waals surface area contributed by atoms with Gasteiger partial charge in [-0.25, -0.2) is 15.0 Å². The van der Waals surface area contributed by atoms with Crippen LogP contribution in [-0.4, -0.2) is 36.2 Å². The van der Waals surface area contributed by atoms with Gasteiger partial charge in [0, 0.05) is 37.6 Å². The van der Waals surface area contributed by atoms with E-state index < -0.39 is 0 Å². The third-order valence-electron chi connectivity index (χ3n) is 4.88. The lowest BCUT2D eigenvalue weighted by molar-refractivity contribution is 0.137. The fourth-order valence-corrected chi connectivity index (χ4v) is 3.70. The molecule has 4 rings (SSSR count). The largest absolute Gasteiger partial charge is 0.325 e. The van der Waals surface area contributed by atoms with Gasteiger partial charge in [0.2, 0.25) is 0 Å². The van der Waals surface area contributed by atoms with E-state index in [-0.39, 0.29) is 0 Å². The maximum Gasteiger partial charge on any atom is 0.135 e. The van der Waals surface area contributed by atoms with E-state index >= 15 is 0 Å². The Morgan fingerprint density at radius 1 is 1.19 bits per heavy atom. The number of nitrogens with zero attached hydrogens (tertiary/aromatic N) is 6. The van der Waals surface area contributed by atoms with E-state index in [1.807, 2.05) is 43.0 Å². The summed E-state index contributed by atoms with van der Waals surface area (Å²) >= 11 is 0. The summed E-state index contributed by atoms with van der Waals surface area (Å²) in [5.74, 6) is 2.36. The average Bonchev–Trinajstić information content (AvgIpc) is 3.07. The Labute approximate surface area is 159 Å². The van der Waals surface area contributed by atoms with Crippen LogP contribution < -0.4 is 5.32 Å². The van der Waals surface area contributed by atoms with E-state index in [2.05, 4.69) is 37.5 Å². The second-order valence-electron chi connectivity index (χ2n) is 7.07. The van der Waals surface area contributed by atoms with Gasteiger partial charge >= 0.3 is 0 Å². The number of nitrogens with one attached hydrogen (secondary N) is 1. The fraction of sp³-hybridized carbons (Fsp3) is 0.400. The van der Waals surface area contributed by atoms with Crippen molar-refractivity contribution in [2.75, 3.05) is 11.9 Å². The SMILES string of the molecule is Cc1nc(Nc2ccccn2)cc([C@@H]2CCCCN2Cc2cnn(C)c2)n1. The molecule has 0 spiro atoms. The monoisotopic (exact) mass is 363 g/mol. The van der Waals surface area contributed by atoms with Crippen LogP contribution >= 0.6 is 0 Å². The molecule has 1 saturated heterocycles. The molecule has 3 aromatic heterocycles. The lowest BCUT2D eigenvalue weighted by atomic mass is 9.98. The van der Waals surface area contributed by atoms with Gasteiger partial charge in [0.05, 0.1) is 17.9 Å². The predicted molar refractivity (Wildman–Crippen MR) is 104 cm³/mol. The minimum atomic E-state index is 0.296. The molecule has 3 aromatic rings. The molecule has 1 N–H and O–H groups in total. The summed E-state index contributed by atoms with van der Waals surface area (Å²) in [4.78, 5) is 16.1. The van der Waals surface area contributed by atoms with Crippen molar-refractivity contribution < 1.29 is 0 Å². The Bertz CT molecular complexity index is 890. The van der Waals surface area contributed by atoms with Crippen LogP contribution in [0.3, 0.4) is 0 Å². The first-order valence-electron chi connectivity index (χ1n) is 9.42. The molecule has 0 amide bonds. The van der Waals surface area contributed by atoms with Gasteiger partial charge in [-0.2, -0.15) is 5.10 Å². The molecule has 0 aliphatic carbocycles. The number of likely N-dealkylation sites (tertiary alicyclic amines) is 1. The van der Waals surface area contributed by atoms with Crippen molar-refractivity contribution >= 4 is 11.6 Å². The molecule has 1 aliphatic heterocycles. The maximum atomic E-state index is 4.76. The summed E-state index contributed by atoms with van der Waals surface area (Å²) < 4.78 is 1.86. The van der Waals surface area contributed by atoms with Crippen molar-refractivity contribution in [2.24, 2.45) is 7.05 Å². The van der Waals surface area contributed by atoms with Crippen LogP contribution in [0.2, 0.25) is 0 Å². The van der Waals surface area contributed by atoms with E-state index in [1.54, 1.807) is 6.20 Å². The highest BCUT2D eigenvalue weighted by atomic mass is 15.2. The molecule has 4 heterocycles. The number of piperidine rings is 1. The average molecular weight is 363 g/mol. The number of hydrogen-bond donors (Lipinski definition) is 1. The zero-order valence-electron chi connectivity index (χ0n) is 15.8. The van der Waals surface area contributed by atoms with Crippen LogP contribution in [0.4, 0.5) is 11.6 Å². The number of rotatable bonds is 5. The molecule has 140 valence electrons. The Morgan fingerprint density at radius 3 is 2.89 bits per heavy atom. The molecule has 1 fully saturated rings. The van der Waals surface area contributed by atoms with Gasteiger partial charge in [0.15, 0.2) is 0 Å². The van der Waals surface area contributed by atoms with Gasteiger partial charge in [-0.3, -0.25) is 9.58 Å². The molecule has 0 saturated carbocycles. The summed E-state index contributed by atoms with van der Waals surface area (Å²) in [5.41, 5.74) is 2.31. The first-order chi connectivity index (χ1) is 13.2. The normalized spacial score (nSPS) is 17.8. The Kier molecular flexibility index (Phi) is 5.11. The first kappa shape index (κ1) is 17.6. The van der Waals surface area contributed by atoms with Crippen molar-refractivity contribution in [3.05, 3.63) is 59.9 Å². The minimum absolute atomic E-state index is 0.296. The molecule has 0 unspecified atom stereocenters. The maximum absolute atomic E-state index is 4.76. The standard InChI is InChI=1S/C20H25N7/c1-15-23-17(11-20(24-15)25-19-8-3-5-9-21-19)18-7-4-6-10-27(18)14-16-12-22-26(2)13-16/h3,5,8-9,11-13,18H,4,6-7,10,14H2,1-2H3,(H,21,23,24,25)/t18-/m0/s1. The van der Waals surface area contributed by atoms with E-state index in [4.69, 9.17) is 4.98 Å². The highest BCUT2D eigenvalue weighted by Crippen LogP contribution is 2.32. The molecular formula is C20H25N7. The van der Waals surface area contributed by atoms with Gasteiger partial charge in [0.1, 0.15) is 17.5 Å². The first-order valence-corrected chi connectivity index (χ1v) is 9.42. The molecule has 0 bridgehead atoms. The van der Waals surface area contributed by atoms with Gasteiger partial charge in [-0.15, -0.1) is 0 Å². The van der Waals surface area contributed by atoms with E-state index in [9.17, 15) is 0 Å². The smallest absolute Gasteiger partial charge is 0.135 e. The van der Waals surface area contributed by atoms with Gasteiger partial charge in [-0.1, -0.05) is 12.5 Å². The quantitative estimate of drug-likeness (QED) is 0.749. The van der Waals surface area contributed by atoms with Crippen LogP contribution in [-0.2, 0) is 13.6 Å². The van der Waals surface area contributed by atoms with Crippen molar-refractivity contribution in [3.8, 4) is 0 Å². The summed E-state index contributed by atoms with van der Waals surface area (Å²) in [6, 6.07) is 8.16. The number of aryl methyl sites for hydroxylation is 2. The predicted octanol–water partition coefficient (Wildman–Crippen LogP) is 3.38. The fourth-order valence-electron chi connectivity index (χ4n) is 3.70. The topological polar surface area (TPSA) is 71.8 Å². The molecule has 0 aromatic carbocycles. The summed E-state index contributed by atoms with van der Waals surface area (Å²) in [6.45, 7) is 3.91. The lowest BCUT2D eigenvalue weighted by Crippen LogP contribution is -2.33. The summed E-state index contributed by atoms with van der Waals surface area (Å²) in [7, 11) is 1.96.